The number of piperazine rings is 1. The van der Waals surface area contributed by atoms with Crippen LogP contribution in [-0.4, -0.2) is 57.5 Å². The highest BCUT2D eigenvalue weighted by atomic mass is 32.2. The summed E-state index contributed by atoms with van der Waals surface area (Å²) in [7, 11) is -2.00. The van der Waals surface area contributed by atoms with Crippen molar-refractivity contribution in [2.24, 2.45) is 0 Å². The predicted molar refractivity (Wildman–Crippen MR) is 88.0 cm³/mol. The molecule has 0 atom stereocenters. The number of hydrogen-bond acceptors (Lipinski definition) is 4. The Morgan fingerprint density at radius 1 is 1.18 bits per heavy atom. The topological polar surface area (TPSA) is 49.9 Å². The van der Waals surface area contributed by atoms with Crippen LogP contribution in [0, 0.1) is 0 Å². The van der Waals surface area contributed by atoms with Crippen molar-refractivity contribution in [2.45, 2.75) is 31.6 Å². The Labute approximate surface area is 133 Å². The molecule has 1 heterocycles. The van der Waals surface area contributed by atoms with Crippen LogP contribution in [0.1, 0.15) is 32.3 Å². The normalized spacial score (nSPS) is 17.9. The SMILES string of the molecule is CCN1CCN(S(=O)(=O)c2cc(C(C)C)ccc2OC)CC1. The monoisotopic (exact) mass is 326 g/mol. The standard InChI is InChI=1S/C16H26N2O3S/c1-5-17-8-10-18(11-9-17)22(19,20)16-12-14(13(2)3)6-7-15(16)21-4/h6-7,12-13H,5,8-11H2,1-4H3. The van der Waals surface area contributed by atoms with Crippen LogP contribution in [0.15, 0.2) is 23.1 Å². The fourth-order valence-corrected chi connectivity index (χ4v) is 4.29. The van der Waals surface area contributed by atoms with Crippen molar-refractivity contribution in [3.8, 4) is 5.75 Å². The van der Waals surface area contributed by atoms with E-state index >= 15 is 0 Å². The van der Waals surface area contributed by atoms with Crippen molar-refractivity contribution in [1.82, 2.24) is 9.21 Å². The third kappa shape index (κ3) is 3.45. The van der Waals surface area contributed by atoms with Gasteiger partial charge in [0.05, 0.1) is 7.11 Å². The van der Waals surface area contributed by atoms with Gasteiger partial charge in [0.2, 0.25) is 10.0 Å². The summed E-state index contributed by atoms with van der Waals surface area (Å²) >= 11 is 0. The van der Waals surface area contributed by atoms with E-state index in [0.717, 1.165) is 25.2 Å². The van der Waals surface area contributed by atoms with E-state index in [1.54, 1.807) is 16.4 Å². The van der Waals surface area contributed by atoms with Gasteiger partial charge < -0.3 is 9.64 Å². The molecule has 1 saturated heterocycles. The van der Waals surface area contributed by atoms with Crippen LogP contribution in [0.25, 0.3) is 0 Å². The third-order valence-corrected chi connectivity index (χ3v) is 6.17. The highest BCUT2D eigenvalue weighted by molar-refractivity contribution is 7.89. The number of nitrogens with zero attached hydrogens (tertiary/aromatic N) is 2. The quantitative estimate of drug-likeness (QED) is 0.832. The van der Waals surface area contributed by atoms with Crippen LogP contribution < -0.4 is 4.74 Å². The van der Waals surface area contributed by atoms with Gasteiger partial charge in [0, 0.05) is 26.2 Å². The zero-order valence-corrected chi connectivity index (χ0v) is 14.7. The molecule has 22 heavy (non-hydrogen) atoms. The van der Waals surface area contributed by atoms with Crippen LogP contribution in [0.5, 0.6) is 5.75 Å². The Kier molecular flexibility index (Phi) is 5.47. The van der Waals surface area contributed by atoms with E-state index in [1.807, 2.05) is 6.07 Å². The molecule has 2 rings (SSSR count). The Morgan fingerprint density at radius 3 is 2.32 bits per heavy atom. The highest BCUT2D eigenvalue weighted by Crippen LogP contribution is 2.30. The van der Waals surface area contributed by atoms with Gasteiger partial charge in [0.25, 0.3) is 0 Å². The minimum absolute atomic E-state index is 0.275. The van der Waals surface area contributed by atoms with Gasteiger partial charge in [-0.1, -0.05) is 26.8 Å². The predicted octanol–water partition coefficient (Wildman–Crippen LogP) is 2.14. The molecule has 1 aromatic carbocycles. The lowest BCUT2D eigenvalue weighted by molar-refractivity contribution is 0.196. The molecule has 0 amide bonds. The first-order chi connectivity index (χ1) is 10.4. The largest absolute Gasteiger partial charge is 0.495 e. The Bertz CT molecular complexity index is 606. The molecule has 5 nitrogen and oxygen atoms in total. The van der Waals surface area contributed by atoms with Gasteiger partial charge in [0.15, 0.2) is 0 Å². The Balaban J connectivity index is 2.34. The van der Waals surface area contributed by atoms with E-state index in [9.17, 15) is 8.42 Å². The lowest BCUT2D eigenvalue weighted by Crippen LogP contribution is -2.48. The van der Waals surface area contributed by atoms with Gasteiger partial charge >= 0.3 is 0 Å². The zero-order chi connectivity index (χ0) is 16.3. The minimum atomic E-state index is -3.51. The maximum absolute atomic E-state index is 13.0. The molecule has 124 valence electrons. The number of ether oxygens (including phenoxy) is 1. The number of rotatable bonds is 5. The summed E-state index contributed by atoms with van der Waals surface area (Å²) in [5.74, 6) is 0.694. The fourth-order valence-electron chi connectivity index (χ4n) is 2.68. The van der Waals surface area contributed by atoms with Gasteiger partial charge in [-0.2, -0.15) is 4.31 Å². The van der Waals surface area contributed by atoms with Crippen molar-refractivity contribution in [3.63, 3.8) is 0 Å². The zero-order valence-electron chi connectivity index (χ0n) is 13.9. The van der Waals surface area contributed by atoms with E-state index in [-0.39, 0.29) is 10.8 Å². The van der Waals surface area contributed by atoms with Gasteiger partial charge in [-0.05, 0) is 30.2 Å². The van der Waals surface area contributed by atoms with Crippen LogP contribution >= 0.6 is 0 Å². The van der Waals surface area contributed by atoms with Crippen molar-refractivity contribution < 1.29 is 13.2 Å². The van der Waals surface area contributed by atoms with Crippen molar-refractivity contribution in [3.05, 3.63) is 23.8 Å². The van der Waals surface area contributed by atoms with E-state index in [2.05, 4.69) is 25.7 Å². The molecule has 1 fully saturated rings. The number of benzene rings is 1. The van der Waals surface area contributed by atoms with E-state index < -0.39 is 10.0 Å². The van der Waals surface area contributed by atoms with Crippen molar-refractivity contribution >= 4 is 10.0 Å². The lowest BCUT2D eigenvalue weighted by Gasteiger charge is -2.33. The van der Waals surface area contributed by atoms with Gasteiger partial charge in [-0.25, -0.2) is 8.42 Å². The van der Waals surface area contributed by atoms with E-state index in [0.29, 0.717) is 18.8 Å². The molecular weight excluding hydrogens is 300 g/mol. The molecule has 0 bridgehead atoms. The molecule has 0 aromatic heterocycles. The summed E-state index contributed by atoms with van der Waals surface area (Å²) in [6.45, 7) is 9.79. The number of methoxy groups -OCH3 is 1. The van der Waals surface area contributed by atoms with Crippen LogP contribution in [-0.2, 0) is 10.0 Å². The smallest absolute Gasteiger partial charge is 0.246 e. The molecular formula is C16H26N2O3S. The molecule has 0 saturated carbocycles. The summed E-state index contributed by atoms with van der Waals surface area (Å²) in [6, 6.07) is 5.44. The molecule has 1 aliphatic rings. The van der Waals surface area contributed by atoms with Crippen molar-refractivity contribution in [2.75, 3.05) is 39.8 Å². The first-order valence-corrected chi connectivity index (χ1v) is 9.24. The molecule has 0 unspecified atom stereocenters. The second kappa shape index (κ2) is 6.98. The molecule has 1 aromatic rings. The van der Waals surface area contributed by atoms with Crippen molar-refractivity contribution in [1.29, 1.82) is 0 Å². The summed E-state index contributed by atoms with van der Waals surface area (Å²) in [5, 5.41) is 0. The second-order valence-electron chi connectivity index (χ2n) is 5.90. The highest BCUT2D eigenvalue weighted by Gasteiger charge is 2.30. The maximum Gasteiger partial charge on any atom is 0.246 e. The number of sulfonamides is 1. The summed E-state index contributed by atoms with van der Waals surface area (Å²) in [5.41, 5.74) is 1.01. The van der Waals surface area contributed by atoms with E-state index in [1.165, 1.54) is 7.11 Å². The van der Waals surface area contributed by atoms with Crippen LogP contribution in [0.2, 0.25) is 0 Å². The van der Waals surface area contributed by atoms with Gasteiger partial charge in [-0.3, -0.25) is 0 Å². The van der Waals surface area contributed by atoms with E-state index in [4.69, 9.17) is 4.74 Å². The van der Waals surface area contributed by atoms with Gasteiger partial charge in [0.1, 0.15) is 10.6 Å². The third-order valence-electron chi connectivity index (χ3n) is 4.25. The lowest BCUT2D eigenvalue weighted by atomic mass is 10.0. The molecule has 0 aliphatic carbocycles. The summed E-state index contributed by atoms with van der Waals surface area (Å²) < 4.78 is 32.8. The first kappa shape index (κ1) is 17.2. The molecule has 0 spiro atoms. The fraction of sp³-hybridized carbons (Fsp3) is 0.625. The molecule has 6 heteroatoms. The molecule has 0 N–H and O–H groups in total. The Hall–Kier alpha value is -1.11. The maximum atomic E-state index is 13.0. The first-order valence-electron chi connectivity index (χ1n) is 7.80. The van der Waals surface area contributed by atoms with Crippen LogP contribution in [0.4, 0.5) is 0 Å². The molecule has 0 radical (unpaired) electrons. The second-order valence-corrected chi connectivity index (χ2v) is 7.81. The summed E-state index contributed by atoms with van der Waals surface area (Å²) in [4.78, 5) is 2.54. The van der Waals surface area contributed by atoms with Gasteiger partial charge in [-0.15, -0.1) is 0 Å². The minimum Gasteiger partial charge on any atom is -0.495 e. The summed E-state index contributed by atoms with van der Waals surface area (Å²) in [6.07, 6.45) is 0. The average molecular weight is 326 g/mol. The molecule has 1 aliphatic heterocycles. The number of likely N-dealkylation sites (N-methyl/N-ethyl adjacent to an activating group) is 1. The average Bonchev–Trinajstić information content (AvgIpc) is 2.54. The van der Waals surface area contributed by atoms with Crippen LogP contribution in [0.3, 0.4) is 0 Å². The Morgan fingerprint density at radius 2 is 1.82 bits per heavy atom. The number of hydrogen-bond donors (Lipinski definition) is 0.